The Bertz CT molecular complexity index is 695. The van der Waals surface area contributed by atoms with E-state index in [1.165, 1.54) is 25.7 Å². The van der Waals surface area contributed by atoms with Crippen molar-refractivity contribution >= 4 is 17.5 Å². The molecule has 0 atom stereocenters. The smallest absolute Gasteiger partial charge is 0.270 e. The van der Waals surface area contributed by atoms with Crippen molar-refractivity contribution in [2.45, 2.75) is 44.6 Å². The molecule has 132 valence electrons. The molecule has 1 amide bonds. The van der Waals surface area contributed by atoms with Crippen LogP contribution in [0, 0.1) is 0 Å². The Morgan fingerprint density at radius 1 is 1.08 bits per heavy atom. The molecule has 2 N–H and O–H groups in total. The summed E-state index contributed by atoms with van der Waals surface area (Å²) >= 11 is 0. The molecule has 1 aromatic heterocycles. The normalized spacial score (nSPS) is 15.2. The maximum Gasteiger partial charge on any atom is 0.270 e. The van der Waals surface area contributed by atoms with Gasteiger partial charge in [-0.2, -0.15) is 0 Å². The molecular formula is C19H24N4O2. The van der Waals surface area contributed by atoms with Crippen LogP contribution in [0.2, 0.25) is 0 Å². The summed E-state index contributed by atoms with van der Waals surface area (Å²) in [6.45, 7) is 0. The van der Waals surface area contributed by atoms with E-state index in [2.05, 4.69) is 20.6 Å². The Balaban J connectivity index is 1.64. The van der Waals surface area contributed by atoms with Crippen molar-refractivity contribution in [1.29, 1.82) is 0 Å². The number of nitrogens with zero attached hydrogens (tertiary/aromatic N) is 2. The fraction of sp³-hybridized carbons (Fsp3) is 0.421. The molecule has 25 heavy (non-hydrogen) atoms. The van der Waals surface area contributed by atoms with Crippen LogP contribution < -0.4 is 15.4 Å². The number of aromatic nitrogens is 2. The van der Waals surface area contributed by atoms with Gasteiger partial charge in [0.05, 0.1) is 7.11 Å². The molecule has 1 saturated carbocycles. The lowest BCUT2D eigenvalue weighted by molar-refractivity contribution is 0.0928. The maximum atomic E-state index is 12.5. The molecule has 0 saturated heterocycles. The van der Waals surface area contributed by atoms with Crippen molar-refractivity contribution in [2.75, 3.05) is 12.4 Å². The Morgan fingerprint density at radius 3 is 2.48 bits per heavy atom. The molecule has 0 unspecified atom stereocenters. The van der Waals surface area contributed by atoms with Crippen LogP contribution >= 0.6 is 0 Å². The van der Waals surface area contributed by atoms with E-state index in [-0.39, 0.29) is 11.9 Å². The van der Waals surface area contributed by atoms with E-state index in [0.717, 1.165) is 24.3 Å². The van der Waals surface area contributed by atoms with E-state index in [1.54, 1.807) is 19.4 Å². The number of methoxy groups -OCH3 is 1. The lowest BCUT2D eigenvalue weighted by Gasteiger charge is -2.16. The van der Waals surface area contributed by atoms with Gasteiger partial charge in [-0.15, -0.1) is 0 Å². The van der Waals surface area contributed by atoms with E-state index < -0.39 is 0 Å². The molecule has 6 heteroatoms. The summed E-state index contributed by atoms with van der Waals surface area (Å²) in [6, 6.07) is 9.35. The van der Waals surface area contributed by atoms with Gasteiger partial charge in [-0.25, -0.2) is 9.97 Å². The van der Waals surface area contributed by atoms with E-state index in [1.807, 2.05) is 24.3 Å². The SMILES string of the molecule is COc1ccc(Nc2nccc(C(=O)NC3CCCCCC3)n2)cc1. The topological polar surface area (TPSA) is 76.1 Å². The van der Waals surface area contributed by atoms with Gasteiger partial charge in [-0.05, 0) is 43.2 Å². The Morgan fingerprint density at radius 2 is 1.80 bits per heavy atom. The summed E-state index contributed by atoms with van der Waals surface area (Å²) in [5.74, 6) is 1.05. The molecule has 3 rings (SSSR count). The summed E-state index contributed by atoms with van der Waals surface area (Å²) in [7, 11) is 1.63. The van der Waals surface area contributed by atoms with Crippen molar-refractivity contribution in [3.05, 3.63) is 42.2 Å². The number of hydrogen-bond acceptors (Lipinski definition) is 5. The number of hydrogen-bond donors (Lipinski definition) is 2. The summed E-state index contributed by atoms with van der Waals surface area (Å²) in [5, 5.41) is 6.21. The van der Waals surface area contributed by atoms with Crippen LogP contribution in [0.5, 0.6) is 5.75 Å². The minimum absolute atomic E-state index is 0.132. The fourth-order valence-corrected chi connectivity index (χ4v) is 3.03. The number of rotatable bonds is 5. The molecule has 1 aliphatic rings. The van der Waals surface area contributed by atoms with E-state index in [9.17, 15) is 4.79 Å². The van der Waals surface area contributed by atoms with Gasteiger partial charge in [0.15, 0.2) is 0 Å². The largest absolute Gasteiger partial charge is 0.497 e. The monoisotopic (exact) mass is 340 g/mol. The first-order valence-electron chi connectivity index (χ1n) is 8.79. The number of benzene rings is 1. The van der Waals surface area contributed by atoms with Crippen LogP contribution in [0.25, 0.3) is 0 Å². The zero-order chi connectivity index (χ0) is 17.5. The Kier molecular flexibility index (Phi) is 5.82. The molecule has 0 radical (unpaired) electrons. The zero-order valence-electron chi connectivity index (χ0n) is 14.5. The van der Waals surface area contributed by atoms with Gasteiger partial charge in [-0.3, -0.25) is 4.79 Å². The van der Waals surface area contributed by atoms with Gasteiger partial charge < -0.3 is 15.4 Å². The summed E-state index contributed by atoms with van der Waals surface area (Å²) in [6.07, 6.45) is 8.58. The molecule has 0 spiro atoms. The molecule has 0 aliphatic heterocycles. The predicted octanol–water partition coefficient (Wildman–Crippen LogP) is 3.68. The van der Waals surface area contributed by atoms with Crippen LogP contribution in [0.1, 0.15) is 49.0 Å². The van der Waals surface area contributed by atoms with Gasteiger partial charge in [-0.1, -0.05) is 25.7 Å². The Hall–Kier alpha value is -2.63. The van der Waals surface area contributed by atoms with Crippen molar-refractivity contribution in [2.24, 2.45) is 0 Å². The number of anilines is 2. The van der Waals surface area contributed by atoms with Crippen LogP contribution in [0.4, 0.5) is 11.6 Å². The standard InChI is InChI=1S/C19H24N4O2/c1-25-16-10-8-15(9-11-16)22-19-20-13-12-17(23-19)18(24)21-14-6-4-2-3-5-7-14/h8-14H,2-7H2,1H3,(H,21,24)(H,20,22,23). The minimum atomic E-state index is -0.132. The second-order valence-corrected chi connectivity index (χ2v) is 6.28. The molecule has 6 nitrogen and oxygen atoms in total. The first-order chi connectivity index (χ1) is 12.2. The van der Waals surface area contributed by atoms with Crippen molar-refractivity contribution in [3.63, 3.8) is 0 Å². The summed E-state index contributed by atoms with van der Waals surface area (Å²) in [4.78, 5) is 21.0. The number of carbonyl (C=O) groups is 1. The highest BCUT2D eigenvalue weighted by Crippen LogP contribution is 2.19. The average molecular weight is 340 g/mol. The molecule has 0 bridgehead atoms. The first kappa shape index (κ1) is 17.2. The van der Waals surface area contributed by atoms with E-state index in [4.69, 9.17) is 4.74 Å². The van der Waals surface area contributed by atoms with Gasteiger partial charge >= 0.3 is 0 Å². The summed E-state index contributed by atoms with van der Waals surface area (Å²) < 4.78 is 5.14. The van der Waals surface area contributed by atoms with Gasteiger partial charge in [0.1, 0.15) is 11.4 Å². The van der Waals surface area contributed by atoms with Crippen LogP contribution in [0.3, 0.4) is 0 Å². The number of ether oxygens (including phenoxy) is 1. The van der Waals surface area contributed by atoms with Gasteiger partial charge in [0.25, 0.3) is 5.91 Å². The maximum absolute atomic E-state index is 12.5. The highest BCUT2D eigenvalue weighted by molar-refractivity contribution is 5.92. The number of amides is 1. The van der Waals surface area contributed by atoms with Crippen molar-refractivity contribution in [1.82, 2.24) is 15.3 Å². The van der Waals surface area contributed by atoms with Crippen molar-refractivity contribution in [3.8, 4) is 5.75 Å². The van der Waals surface area contributed by atoms with Gasteiger partial charge in [0, 0.05) is 17.9 Å². The predicted molar refractivity (Wildman–Crippen MR) is 97.3 cm³/mol. The second-order valence-electron chi connectivity index (χ2n) is 6.28. The fourth-order valence-electron chi connectivity index (χ4n) is 3.03. The molecule has 2 aromatic rings. The first-order valence-corrected chi connectivity index (χ1v) is 8.79. The highest BCUT2D eigenvalue weighted by atomic mass is 16.5. The highest BCUT2D eigenvalue weighted by Gasteiger charge is 2.17. The third kappa shape index (κ3) is 4.92. The van der Waals surface area contributed by atoms with Crippen LogP contribution in [-0.2, 0) is 0 Å². The van der Waals surface area contributed by atoms with E-state index in [0.29, 0.717) is 11.6 Å². The third-order valence-corrected chi connectivity index (χ3v) is 4.42. The third-order valence-electron chi connectivity index (χ3n) is 4.42. The number of nitrogens with one attached hydrogen (secondary N) is 2. The molecule has 1 fully saturated rings. The number of carbonyl (C=O) groups excluding carboxylic acids is 1. The lowest BCUT2D eigenvalue weighted by atomic mass is 10.1. The Labute approximate surface area is 148 Å². The van der Waals surface area contributed by atoms with Gasteiger partial charge in [0.2, 0.25) is 5.95 Å². The van der Waals surface area contributed by atoms with Crippen LogP contribution in [-0.4, -0.2) is 29.0 Å². The summed E-state index contributed by atoms with van der Waals surface area (Å²) in [5.41, 5.74) is 1.22. The molecular weight excluding hydrogens is 316 g/mol. The van der Waals surface area contributed by atoms with Crippen molar-refractivity contribution < 1.29 is 9.53 Å². The van der Waals surface area contributed by atoms with E-state index >= 15 is 0 Å². The van der Waals surface area contributed by atoms with Crippen LogP contribution in [0.15, 0.2) is 36.5 Å². The molecule has 1 aromatic carbocycles. The zero-order valence-corrected chi connectivity index (χ0v) is 14.5. The lowest BCUT2D eigenvalue weighted by Crippen LogP contribution is -2.35. The quantitative estimate of drug-likeness (QED) is 0.812. The minimum Gasteiger partial charge on any atom is -0.497 e. The average Bonchev–Trinajstić information content (AvgIpc) is 2.91. The molecule has 1 aliphatic carbocycles. The molecule has 1 heterocycles. The second kappa shape index (κ2) is 8.46.